The molecule has 0 aromatic carbocycles. The number of thiophene rings is 1. The molecule has 2 heterocycles. The van der Waals surface area contributed by atoms with Crippen LogP contribution in [0.3, 0.4) is 0 Å². The summed E-state index contributed by atoms with van der Waals surface area (Å²) in [5.74, 6) is -0.0493. The van der Waals surface area contributed by atoms with Gasteiger partial charge in [0.15, 0.2) is 0 Å². The summed E-state index contributed by atoms with van der Waals surface area (Å²) in [7, 11) is 0. The van der Waals surface area contributed by atoms with Crippen molar-refractivity contribution in [2.45, 2.75) is 0 Å². The van der Waals surface area contributed by atoms with Gasteiger partial charge in [0.25, 0.3) is 5.91 Å². The molecule has 5 heteroatoms. The van der Waals surface area contributed by atoms with E-state index in [1.807, 2.05) is 11.4 Å². The Labute approximate surface area is 104 Å². The SMILES string of the molecule is C=CCNC(=O)C1CN(C(=O)c2cccs2)C1. The smallest absolute Gasteiger partial charge is 0.263 e. The number of hydrogen-bond acceptors (Lipinski definition) is 3. The standard InChI is InChI=1S/C12H14N2O2S/c1-2-5-13-11(15)9-7-14(8-9)12(16)10-4-3-6-17-10/h2-4,6,9H,1,5,7-8H2,(H,13,15). The van der Waals surface area contributed by atoms with E-state index in [0.717, 1.165) is 4.88 Å². The van der Waals surface area contributed by atoms with Gasteiger partial charge in [-0.2, -0.15) is 0 Å². The van der Waals surface area contributed by atoms with Crippen LogP contribution in [0.1, 0.15) is 9.67 Å². The van der Waals surface area contributed by atoms with Gasteiger partial charge in [-0.1, -0.05) is 12.1 Å². The summed E-state index contributed by atoms with van der Waals surface area (Å²) in [6.07, 6.45) is 1.64. The third kappa shape index (κ3) is 2.55. The third-order valence-corrected chi connectivity index (χ3v) is 3.55. The van der Waals surface area contributed by atoms with Crippen molar-refractivity contribution in [1.82, 2.24) is 10.2 Å². The Bertz CT molecular complexity index is 422. The number of carbonyl (C=O) groups excluding carboxylic acids is 2. The molecule has 0 unspecified atom stereocenters. The molecule has 1 aromatic heterocycles. The Balaban J connectivity index is 1.81. The molecule has 17 heavy (non-hydrogen) atoms. The van der Waals surface area contributed by atoms with Crippen LogP contribution in [-0.4, -0.2) is 36.3 Å². The van der Waals surface area contributed by atoms with Crippen molar-refractivity contribution in [2.24, 2.45) is 5.92 Å². The first-order chi connectivity index (χ1) is 8.22. The van der Waals surface area contributed by atoms with E-state index in [1.165, 1.54) is 11.3 Å². The van der Waals surface area contributed by atoms with Crippen LogP contribution >= 0.6 is 11.3 Å². The number of carbonyl (C=O) groups is 2. The van der Waals surface area contributed by atoms with Crippen LogP contribution in [0.25, 0.3) is 0 Å². The molecule has 1 aromatic rings. The fourth-order valence-corrected chi connectivity index (χ4v) is 2.37. The summed E-state index contributed by atoms with van der Waals surface area (Å²) in [4.78, 5) is 25.8. The van der Waals surface area contributed by atoms with E-state index in [-0.39, 0.29) is 17.7 Å². The van der Waals surface area contributed by atoms with E-state index in [4.69, 9.17) is 0 Å². The lowest BCUT2D eigenvalue weighted by molar-refractivity contribution is -0.128. The van der Waals surface area contributed by atoms with Crippen LogP contribution in [0, 0.1) is 5.92 Å². The lowest BCUT2D eigenvalue weighted by Crippen LogP contribution is -2.55. The second kappa shape index (κ2) is 5.14. The van der Waals surface area contributed by atoms with Gasteiger partial charge in [0, 0.05) is 19.6 Å². The predicted octanol–water partition coefficient (Wildman–Crippen LogP) is 1.12. The first kappa shape index (κ1) is 11.9. The first-order valence-electron chi connectivity index (χ1n) is 5.43. The minimum absolute atomic E-state index is 0.000120. The van der Waals surface area contributed by atoms with Crippen LogP contribution in [0.15, 0.2) is 30.2 Å². The van der Waals surface area contributed by atoms with Gasteiger partial charge in [-0.05, 0) is 11.4 Å². The lowest BCUT2D eigenvalue weighted by atomic mass is 9.99. The maximum atomic E-state index is 11.9. The largest absolute Gasteiger partial charge is 0.352 e. The van der Waals surface area contributed by atoms with E-state index in [2.05, 4.69) is 11.9 Å². The molecule has 90 valence electrons. The van der Waals surface area contributed by atoms with Crippen LogP contribution in [0.2, 0.25) is 0 Å². The number of rotatable bonds is 4. The van der Waals surface area contributed by atoms with Gasteiger partial charge in [-0.3, -0.25) is 9.59 Å². The van der Waals surface area contributed by atoms with Gasteiger partial charge in [0.1, 0.15) is 0 Å². The number of amides is 2. The molecule has 1 fully saturated rings. The lowest BCUT2D eigenvalue weighted by Gasteiger charge is -2.37. The van der Waals surface area contributed by atoms with Crippen LogP contribution in [-0.2, 0) is 4.79 Å². The number of nitrogens with one attached hydrogen (secondary N) is 1. The predicted molar refractivity (Wildman–Crippen MR) is 66.9 cm³/mol. The van der Waals surface area contributed by atoms with Crippen molar-refractivity contribution in [3.8, 4) is 0 Å². The van der Waals surface area contributed by atoms with E-state index < -0.39 is 0 Å². The van der Waals surface area contributed by atoms with Gasteiger partial charge >= 0.3 is 0 Å². The molecule has 1 N–H and O–H groups in total. The molecule has 2 amide bonds. The molecule has 1 aliphatic heterocycles. The van der Waals surface area contributed by atoms with Crippen LogP contribution in [0.4, 0.5) is 0 Å². The number of nitrogens with zero attached hydrogens (tertiary/aromatic N) is 1. The van der Waals surface area contributed by atoms with Crippen molar-refractivity contribution < 1.29 is 9.59 Å². The Hall–Kier alpha value is -1.62. The van der Waals surface area contributed by atoms with Crippen molar-refractivity contribution in [3.63, 3.8) is 0 Å². The molecular weight excluding hydrogens is 236 g/mol. The number of likely N-dealkylation sites (tertiary alicyclic amines) is 1. The molecule has 0 spiro atoms. The topological polar surface area (TPSA) is 49.4 Å². The first-order valence-corrected chi connectivity index (χ1v) is 6.31. The Morgan fingerprint density at radius 3 is 2.94 bits per heavy atom. The maximum Gasteiger partial charge on any atom is 0.263 e. The fourth-order valence-electron chi connectivity index (χ4n) is 1.68. The highest BCUT2D eigenvalue weighted by atomic mass is 32.1. The maximum absolute atomic E-state index is 11.9. The summed E-state index contributed by atoms with van der Waals surface area (Å²) in [5, 5.41) is 4.61. The van der Waals surface area contributed by atoms with Crippen molar-refractivity contribution in [2.75, 3.05) is 19.6 Å². The second-order valence-corrected chi connectivity index (χ2v) is 4.87. The molecule has 0 saturated carbocycles. The molecule has 0 aliphatic carbocycles. The molecule has 2 rings (SSSR count). The molecule has 0 bridgehead atoms. The van der Waals surface area contributed by atoms with Gasteiger partial charge in [-0.25, -0.2) is 0 Å². The number of hydrogen-bond donors (Lipinski definition) is 1. The Morgan fingerprint density at radius 2 is 2.35 bits per heavy atom. The monoisotopic (exact) mass is 250 g/mol. The van der Waals surface area contributed by atoms with Gasteiger partial charge < -0.3 is 10.2 Å². The molecule has 1 aliphatic rings. The highest BCUT2D eigenvalue weighted by Gasteiger charge is 2.35. The zero-order valence-electron chi connectivity index (χ0n) is 9.39. The van der Waals surface area contributed by atoms with Crippen molar-refractivity contribution >= 4 is 23.2 Å². The van der Waals surface area contributed by atoms with Crippen LogP contribution < -0.4 is 5.32 Å². The Kier molecular flexibility index (Phi) is 3.58. The third-order valence-electron chi connectivity index (χ3n) is 2.69. The van der Waals surface area contributed by atoms with Crippen molar-refractivity contribution in [3.05, 3.63) is 35.0 Å². The molecule has 0 radical (unpaired) electrons. The Morgan fingerprint density at radius 1 is 1.59 bits per heavy atom. The highest BCUT2D eigenvalue weighted by Crippen LogP contribution is 2.20. The highest BCUT2D eigenvalue weighted by molar-refractivity contribution is 7.12. The molecule has 4 nitrogen and oxygen atoms in total. The fraction of sp³-hybridized carbons (Fsp3) is 0.333. The normalized spacial score (nSPS) is 15.2. The van der Waals surface area contributed by atoms with Gasteiger partial charge in [-0.15, -0.1) is 17.9 Å². The van der Waals surface area contributed by atoms with Gasteiger partial charge in [0.05, 0.1) is 10.8 Å². The average Bonchev–Trinajstić information content (AvgIpc) is 2.77. The summed E-state index contributed by atoms with van der Waals surface area (Å²) < 4.78 is 0. The zero-order valence-corrected chi connectivity index (χ0v) is 10.2. The minimum atomic E-state index is -0.0705. The second-order valence-electron chi connectivity index (χ2n) is 3.92. The molecule has 0 atom stereocenters. The van der Waals surface area contributed by atoms with Gasteiger partial charge in [0.2, 0.25) is 5.91 Å². The van der Waals surface area contributed by atoms with E-state index in [1.54, 1.807) is 17.0 Å². The summed E-state index contributed by atoms with van der Waals surface area (Å²) in [6, 6.07) is 3.66. The van der Waals surface area contributed by atoms with Crippen LogP contribution in [0.5, 0.6) is 0 Å². The summed E-state index contributed by atoms with van der Waals surface area (Å²) in [6.45, 7) is 5.04. The quantitative estimate of drug-likeness (QED) is 0.814. The minimum Gasteiger partial charge on any atom is -0.352 e. The molecule has 1 saturated heterocycles. The van der Waals surface area contributed by atoms with E-state index >= 15 is 0 Å². The van der Waals surface area contributed by atoms with Crippen molar-refractivity contribution in [1.29, 1.82) is 0 Å². The zero-order chi connectivity index (χ0) is 12.3. The van der Waals surface area contributed by atoms with E-state index in [0.29, 0.717) is 19.6 Å². The summed E-state index contributed by atoms with van der Waals surface area (Å²) in [5.41, 5.74) is 0. The average molecular weight is 250 g/mol. The summed E-state index contributed by atoms with van der Waals surface area (Å²) >= 11 is 1.43. The molecular formula is C12H14N2O2S. The van der Waals surface area contributed by atoms with E-state index in [9.17, 15) is 9.59 Å².